The topological polar surface area (TPSA) is 79.4 Å². The molecule has 0 aromatic carbocycles. The Morgan fingerprint density at radius 1 is 1.55 bits per heavy atom. The molecule has 1 N–H and O–H groups in total. The van der Waals surface area contributed by atoms with E-state index in [1.165, 1.54) is 17.2 Å². The van der Waals surface area contributed by atoms with Crippen molar-refractivity contribution in [2.75, 3.05) is 19.3 Å². The molecule has 1 atom stereocenters. The molecule has 1 fully saturated rings. The maximum atomic E-state index is 13.0. The van der Waals surface area contributed by atoms with E-state index in [4.69, 9.17) is 0 Å². The van der Waals surface area contributed by atoms with Crippen LogP contribution >= 0.6 is 0 Å². The average molecular weight is 301 g/mol. The molecule has 1 saturated heterocycles. The molecular weight excluding hydrogens is 285 g/mol. The molecule has 1 aromatic heterocycles. The highest BCUT2D eigenvalue weighted by atomic mass is 32.2. The lowest BCUT2D eigenvalue weighted by atomic mass is 10.1. The van der Waals surface area contributed by atoms with Crippen LogP contribution in [0.15, 0.2) is 18.3 Å². The van der Waals surface area contributed by atoms with Crippen LogP contribution in [-0.4, -0.2) is 49.6 Å². The van der Waals surface area contributed by atoms with E-state index in [1.807, 2.05) is 0 Å². The molecule has 8 heteroatoms. The first-order valence-corrected chi connectivity index (χ1v) is 8.12. The first kappa shape index (κ1) is 14.9. The molecule has 20 heavy (non-hydrogen) atoms. The molecule has 2 rings (SSSR count). The SMILES string of the molecule is CS(=O)(=O)NC1CCCN(C(=O)c2ccnc(F)c2)C1. The van der Waals surface area contributed by atoms with Gasteiger partial charge < -0.3 is 4.90 Å². The van der Waals surface area contributed by atoms with Gasteiger partial charge in [0.2, 0.25) is 16.0 Å². The summed E-state index contributed by atoms with van der Waals surface area (Å²) in [5, 5.41) is 0. The van der Waals surface area contributed by atoms with Crippen LogP contribution in [0.4, 0.5) is 4.39 Å². The Bertz CT molecular complexity index is 606. The van der Waals surface area contributed by atoms with Crippen LogP contribution in [0.3, 0.4) is 0 Å². The lowest BCUT2D eigenvalue weighted by molar-refractivity contribution is 0.0702. The van der Waals surface area contributed by atoms with E-state index in [0.717, 1.165) is 12.3 Å². The second-order valence-electron chi connectivity index (χ2n) is 4.85. The number of nitrogens with one attached hydrogen (secondary N) is 1. The molecular formula is C12H16FN3O3S. The summed E-state index contributed by atoms with van der Waals surface area (Å²) in [7, 11) is -3.30. The first-order chi connectivity index (χ1) is 9.35. The second kappa shape index (κ2) is 5.84. The number of nitrogens with zero attached hydrogens (tertiary/aromatic N) is 2. The summed E-state index contributed by atoms with van der Waals surface area (Å²) < 4.78 is 38.0. The summed E-state index contributed by atoms with van der Waals surface area (Å²) in [5.74, 6) is -1.02. The number of pyridine rings is 1. The van der Waals surface area contributed by atoms with Gasteiger partial charge in [0.1, 0.15) is 0 Å². The minimum Gasteiger partial charge on any atom is -0.337 e. The van der Waals surface area contributed by atoms with Gasteiger partial charge >= 0.3 is 0 Å². The smallest absolute Gasteiger partial charge is 0.254 e. The van der Waals surface area contributed by atoms with Crippen LogP contribution in [0.25, 0.3) is 0 Å². The molecule has 0 spiro atoms. The van der Waals surface area contributed by atoms with Gasteiger partial charge in [-0.15, -0.1) is 0 Å². The molecule has 1 amide bonds. The van der Waals surface area contributed by atoms with Crippen molar-refractivity contribution >= 4 is 15.9 Å². The third-order valence-corrected chi connectivity index (χ3v) is 3.82. The summed E-state index contributed by atoms with van der Waals surface area (Å²) in [5.41, 5.74) is 0.220. The Labute approximate surface area is 117 Å². The highest BCUT2D eigenvalue weighted by Gasteiger charge is 2.26. The highest BCUT2D eigenvalue weighted by Crippen LogP contribution is 2.14. The summed E-state index contributed by atoms with van der Waals surface area (Å²) in [4.78, 5) is 17.1. The molecule has 0 radical (unpaired) electrons. The van der Waals surface area contributed by atoms with E-state index >= 15 is 0 Å². The van der Waals surface area contributed by atoms with E-state index in [2.05, 4.69) is 9.71 Å². The number of carbonyl (C=O) groups is 1. The quantitative estimate of drug-likeness (QED) is 0.818. The lowest BCUT2D eigenvalue weighted by Crippen LogP contribution is -2.49. The second-order valence-corrected chi connectivity index (χ2v) is 6.63. The number of halogens is 1. The van der Waals surface area contributed by atoms with Crippen molar-refractivity contribution in [3.05, 3.63) is 29.8 Å². The van der Waals surface area contributed by atoms with E-state index in [1.54, 1.807) is 0 Å². The summed E-state index contributed by atoms with van der Waals surface area (Å²) >= 11 is 0. The van der Waals surface area contributed by atoms with Gasteiger partial charge in [0, 0.05) is 37.0 Å². The maximum Gasteiger partial charge on any atom is 0.254 e. The van der Waals surface area contributed by atoms with Crippen molar-refractivity contribution in [3.63, 3.8) is 0 Å². The number of carbonyl (C=O) groups excluding carboxylic acids is 1. The minimum absolute atomic E-state index is 0.220. The van der Waals surface area contributed by atoms with Crippen molar-refractivity contribution in [3.8, 4) is 0 Å². The van der Waals surface area contributed by atoms with Crippen LogP contribution in [-0.2, 0) is 10.0 Å². The molecule has 0 saturated carbocycles. The molecule has 1 aliphatic rings. The van der Waals surface area contributed by atoms with Gasteiger partial charge in [-0.05, 0) is 18.9 Å². The Balaban J connectivity index is 2.07. The number of piperidine rings is 1. The molecule has 2 heterocycles. The number of sulfonamides is 1. The normalized spacial score (nSPS) is 19.9. The monoisotopic (exact) mass is 301 g/mol. The van der Waals surface area contributed by atoms with Crippen molar-refractivity contribution in [2.24, 2.45) is 0 Å². The number of likely N-dealkylation sites (tertiary alicyclic amines) is 1. The largest absolute Gasteiger partial charge is 0.337 e. The van der Waals surface area contributed by atoms with Crippen molar-refractivity contribution in [2.45, 2.75) is 18.9 Å². The third-order valence-electron chi connectivity index (χ3n) is 3.06. The summed E-state index contributed by atoms with van der Waals surface area (Å²) in [6.07, 6.45) is 3.71. The number of hydrogen-bond acceptors (Lipinski definition) is 4. The van der Waals surface area contributed by atoms with Crippen molar-refractivity contribution < 1.29 is 17.6 Å². The van der Waals surface area contributed by atoms with E-state index in [9.17, 15) is 17.6 Å². The summed E-state index contributed by atoms with van der Waals surface area (Å²) in [6.45, 7) is 0.820. The number of hydrogen-bond donors (Lipinski definition) is 1. The van der Waals surface area contributed by atoms with E-state index in [-0.39, 0.29) is 24.1 Å². The van der Waals surface area contributed by atoms with Gasteiger partial charge in [-0.3, -0.25) is 4.79 Å². The zero-order valence-corrected chi connectivity index (χ0v) is 11.9. The average Bonchev–Trinajstić information content (AvgIpc) is 2.36. The molecule has 1 unspecified atom stereocenters. The van der Waals surface area contributed by atoms with Crippen LogP contribution in [0.1, 0.15) is 23.2 Å². The molecule has 0 bridgehead atoms. The van der Waals surface area contributed by atoms with Gasteiger partial charge in [-0.1, -0.05) is 0 Å². The number of aromatic nitrogens is 1. The van der Waals surface area contributed by atoms with Crippen LogP contribution < -0.4 is 4.72 Å². The van der Waals surface area contributed by atoms with Crippen LogP contribution in [0.5, 0.6) is 0 Å². The van der Waals surface area contributed by atoms with Crippen LogP contribution in [0.2, 0.25) is 0 Å². The molecule has 0 aliphatic carbocycles. The van der Waals surface area contributed by atoms with Gasteiger partial charge in [0.15, 0.2) is 0 Å². The van der Waals surface area contributed by atoms with Crippen LogP contribution in [0, 0.1) is 5.95 Å². The Morgan fingerprint density at radius 2 is 2.30 bits per heavy atom. The Morgan fingerprint density at radius 3 is 2.95 bits per heavy atom. The van der Waals surface area contributed by atoms with Gasteiger partial charge in [-0.25, -0.2) is 18.1 Å². The first-order valence-electron chi connectivity index (χ1n) is 6.23. The molecule has 1 aromatic rings. The maximum absolute atomic E-state index is 13.0. The standard InChI is InChI=1S/C12H16FN3O3S/c1-20(18,19)15-10-3-2-6-16(8-10)12(17)9-4-5-14-11(13)7-9/h4-5,7,10,15H,2-3,6,8H2,1H3. The molecule has 6 nitrogen and oxygen atoms in total. The van der Waals surface area contributed by atoms with Gasteiger partial charge in [-0.2, -0.15) is 4.39 Å². The Kier molecular flexibility index (Phi) is 4.34. The molecule has 1 aliphatic heterocycles. The summed E-state index contributed by atoms with van der Waals surface area (Å²) in [6, 6.07) is 2.23. The van der Waals surface area contributed by atoms with E-state index < -0.39 is 16.0 Å². The predicted octanol–water partition coefficient (Wildman–Crippen LogP) is 0.374. The van der Waals surface area contributed by atoms with E-state index in [0.29, 0.717) is 19.4 Å². The third kappa shape index (κ3) is 3.97. The van der Waals surface area contributed by atoms with Gasteiger partial charge in [0.25, 0.3) is 5.91 Å². The predicted molar refractivity (Wildman–Crippen MR) is 71.1 cm³/mol. The van der Waals surface area contributed by atoms with Gasteiger partial charge in [0.05, 0.1) is 6.26 Å². The number of rotatable bonds is 3. The number of amides is 1. The van der Waals surface area contributed by atoms with Crippen molar-refractivity contribution in [1.29, 1.82) is 0 Å². The van der Waals surface area contributed by atoms with Crippen molar-refractivity contribution in [1.82, 2.24) is 14.6 Å². The zero-order valence-electron chi connectivity index (χ0n) is 11.0. The zero-order chi connectivity index (χ0) is 14.8. The Hall–Kier alpha value is -1.54. The lowest BCUT2D eigenvalue weighted by Gasteiger charge is -2.32. The fourth-order valence-corrected chi connectivity index (χ4v) is 3.08. The fraction of sp³-hybridized carbons (Fsp3) is 0.500. The fourth-order valence-electron chi connectivity index (χ4n) is 2.28. The molecule has 110 valence electrons. The highest BCUT2D eigenvalue weighted by molar-refractivity contribution is 7.88. The minimum atomic E-state index is -3.30.